The van der Waals surface area contributed by atoms with E-state index in [0.717, 1.165) is 11.4 Å². The lowest BCUT2D eigenvalue weighted by molar-refractivity contribution is 0.0945. The van der Waals surface area contributed by atoms with Gasteiger partial charge in [0.05, 0.1) is 6.21 Å². The first-order valence-corrected chi connectivity index (χ1v) is 7.21. The number of fused-ring (bicyclic) bond motifs is 1. The summed E-state index contributed by atoms with van der Waals surface area (Å²) in [6.07, 6.45) is 1.46. The number of amides is 1. The molecule has 0 unspecified atom stereocenters. The van der Waals surface area contributed by atoms with E-state index in [-0.39, 0.29) is 5.82 Å². The van der Waals surface area contributed by atoms with Gasteiger partial charge >= 0.3 is 5.91 Å². The number of nitrogens with zero attached hydrogens (tertiary/aromatic N) is 5. The molecule has 0 bridgehead atoms. The molecule has 0 atom stereocenters. The minimum absolute atomic E-state index is 0.00232. The van der Waals surface area contributed by atoms with Crippen LogP contribution in [0.3, 0.4) is 0 Å². The van der Waals surface area contributed by atoms with Crippen molar-refractivity contribution in [1.82, 2.24) is 25.0 Å². The van der Waals surface area contributed by atoms with Crippen molar-refractivity contribution in [3.63, 3.8) is 0 Å². The molecule has 0 spiro atoms. The normalized spacial score (nSPS) is 11.3. The summed E-state index contributed by atoms with van der Waals surface area (Å²) in [5, 5.41) is 8.55. The van der Waals surface area contributed by atoms with Crippen LogP contribution in [-0.2, 0) is 0 Å². The summed E-state index contributed by atoms with van der Waals surface area (Å²) in [6.45, 7) is 3.73. The summed E-state index contributed by atoms with van der Waals surface area (Å²) in [4.78, 5) is 20.4. The van der Waals surface area contributed by atoms with Crippen molar-refractivity contribution in [2.24, 2.45) is 5.10 Å². The molecule has 1 amide bonds. The van der Waals surface area contributed by atoms with Crippen molar-refractivity contribution >= 4 is 29.5 Å². The smallest absolute Gasteiger partial charge is 0.264 e. The van der Waals surface area contributed by atoms with E-state index in [0.29, 0.717) is 16.4 Å². The lowest BCUT2D eigenvalue weighted by atomic mass is 10.2. The molecule has 8 heteroatoms. The maximum Gasteiger partial charge on any atom is 0.311 e. The number of halogens is 1. The molecule has 0 aliphatic carbocycles. The summed E-state index contributed by atoms with van der Waals surface area (Å²) < 4.78 is 1.51. The van der Waals surface area contributed by atoms with Gasteiger partial charge in [0.2, 0.25) is 5.82 Å². The zero-order valence-corrected chi connectivity index (χ0v) is 13.2. The van der Waals surface area contributed by atoms with Gasteiger partial charge in [-0.15, -0.1) is 5.10 Å². The Labute approximate surface area is 137 Å². The molecule has 0 aliphatic rings. The maximum absolute atomic E-state index is 12.1. The van der Waals surface area contributed by atoms with Crippen molar-refractivity contribution in [2.45, 2.75) is 13.8 Å². The Kier molecular flexibility index (Phi) is 4.03. The number of nitrogens with one attached hydrogen (secondary N) is 1. The molecular weight excluding hydrogens is 316 g/mol. The molecule has 0 fully saturated rings. The highest BCUT2D eigenvalue weighted by Crippen LogP contribution is 2.12. The Morgan fingerprint density at radius 3 is 2.87 bits per heavy atom. The summed E-state index contributed by atoms with van der Waals surface area (Å²) in [6, 6.07) is 9.03. The average molecular weight is 329 g/mol. The molecule has 2 heterocycles. The molecule has 1 aromatic carbocycles. The third-order valence-corrected chi connectivity index (χ3v) is 3.44. The fraction of sp³-hybridized carbons (Fsp3) is 0.133. The van der Waals surface area contributed by atoms with Gasteiger partial charge in [0.25, 0.3) is 5.78 Å². The predicted molar refractivity (Wildman–Crippen MR) is 86.8 cm³/mol. The zero-order valence-electron chi connectivity index (χ0n) is 12.5. The summed E-state index contributed by atoms with van der Waals surface area (Å²) in [5.74, 6) is -0.138. The van der Waals surface area contributed by atoms with E-state index in [1.54, 1.807) is 12.1 Å². The first-order valence-electron chi connectivity index (χ1n) is 6.83. The lowest BCUT2D eigenvalue weighted by Gasteiger charge is -1.97. The Bertz CT molecular complexity index is 917. The van der Waals surface area contributed by atoms with Crippen molar-refractivity contribution in [3.05, 3.63) is 58.1 Å². The largest absolute Gasteiger partial charge is 0.311 e. The Morgan fingerprint density at radius 1 is 1.30 bits per heavy atom. The molecule has 0 saturated carbocycles. The van der Waals surface area contributed by atoms with Crippen molar-refractivity contribution in [1.29, 1.82) is 0 Å². The zero-order chi connectivity index (χ0) is 16.4. The van der Waals surface area contributed by atoms with E-state index in [1.807, 2.05) is 32.0 Å². The number of hydrogen-bond acceptors (Lipinski definition) is 5. The van der Waals surface area contributed by atoms with Crippen LogP contribution in [0.4, 0.5) is 0 Å². The van der Waals surface area contributed by atoms with Crippen LogP contribution in [0.1, 0.15) is 27.6 Å². The number of benzene rings is 1. The highest BCUT2D eigenvalue weighted by molar-refractivity contribution is 6.33. The van der Waals surface area contributed by atoms with Gasteiger partial charge in [-0.2, -0.15) is 10.1 Å². The van der Waals surface area contributed by atoms with Crippen LogP contribution in [0.2, 0.25) is 5.02 Å². The summed E-state index contributed by atoms with van der Waals surface area (Å²) in [5.41, 5.74) is 4.73. The molecule has 0 radical (unpaired) electrons. The van der Waals surface area contributed by atoms with E-state index < -0.39 is 5.91 Å². The Morgan fingerprint density at radius 2 is 2.09 bits per heavy atom. The third kappa shape index (κ3) is 3.19. The second-order valence-electron chi connectivity index (χ2n) is 4.91. The van der Waals surface area contributed by atoms with Gasteiger partial charge in [0.1, 0.15) is 0 Å². The third-order valence-electron chi connectivity index (χ3n) is 3.10. The van der Waals surface area contributed by atoms with E-state index in [1.165, 1.54) is 10.7 Å². The van der Waals surface area contributed by atoms with Crippen LogP contribution in [-0.4, -0.2) is 31.7 Å². The highest BCUT2D eigenvalue weighted by atomic mass is 35.5. The standard InChI is InChI=1S/C15H13ClN6O/c1-9-7-10(2)22-15(18-9)19-13(21-22)14(23)20-17-8-11-5-3-4-6-12(11)16/h3-8H,1-2H3,(H,20,23)/b17-8+. The van der Waals surface area contributed by atoms with Crippen molar-refractivity contribution in [3.8, 4) is 0 Å². The number of hydrogen-bond donors (Lipinski definition) is 1. The van der Waals surface area contributed by atoms with Crippen LogP contribution in [0.15, 0.2) is 35.4 Å². The number of carbonyl (C=O) groups is 1. The van der Waals surface area contributed by atoms with Gasteiger partial charge in [0, 0.05) is 22.0 Å². The second kappa shape index (κ2) is 6.13. The summed E-state index contributed by atoms with van der Waals surface area (Å²) >= 11 is 6.00. The molecule has 23 heavy (non-hydrogen) atoms. The SMILES string of the molecule is Cc1cc(C)n2nc(C(=O)N/N=C/c3ccccc3Cl)nc2n1. The van der Waals surface area contributed by atoms with Gasteiger partial charge in [-0.25, -0.2) is 14.9 Å². The number of rotatable bonds is 3. The fourth-order valence-electron chi connectivity index (χ4n) is 2.05. The molecule has 7 nitrogen and oxygen atoms in total. The molecule has 2 aromatic heterocycles. The van der Waals surface area contributed by atoms with Gasteiger partial charge in [0.15, 0.2) is 0 Å². The van der Waals surface area contributed by atoms with E-state index in [4.69, 9.17) is 11.6 Å². The predicted octanol–water partition coefficient (Wildman–Crippen LogP) is 2.16. The van der Waals surface area contributed by atoms with Crippen LogP contribution in [0, 0.1) is 13.8 Å². The van der Waals surface area contributed by atoms with Crippen LogP contribution in [0.5, 0.6) is 0 Å². The van der Waals surface area contributed by atoms with Gasteiger partial charge in [-0.1, -0.05) is 29.8 Å². The van der Waals surface area contributed by atoms with Gasteiger partial charge in [-0.05, 0) is 26.0 Å². The first-order chi connectivity index (χ1) is 11.0. The lowest BCUT2D eigenvalue weighted by Crippen LogP contribution is -2.19. The molecule has 1 N–H and O–H groups in total. The molecule has 3 aromatic rings. The molecule has 3 rings (SSSR count). The van der Waals surface area contributed by atoms with Crippen molar-refractivity contribution in [2.75, 3.05) is 0 Å². The average Bonchev–Trinajstić information content (AvgIpc) is 2.93. The highest BCUT2D eigenvalue weighted by Gasteiger charge is 2.14. The molecular formula is C15H13ClN6O. The van der Waals surface area contributed by atoms with Crippen LogP contribution in [0.25, 0.3) is 5.78 Å². The maximum atomic E-state index is 12.1. The molecule has 0 saturated heterocycles. The topological polar surface area (TPSA) is 84.5 Å². The number of aryl methyl sites for hydroxylation is 2. The number of hydrazone groups is 1. The molecule has 116 valence electrons. The monoisotopic (exact) mass is 328 g/mol. The Hall–Kier alpha value is -2.80. The second-order valence-corrected chi connectivity index (χ2v) is 5.31. The number of carbonyl (C=O) groups excluding carboxylic acids is 1. The van der Waals surface area contributed by atoms with Gasteiger partial charge in [-0.3, -0.25) is 4.79 Å². The number of aromatic nitrogens is 4. The van der Waals surface area contributed by atoms with Crippen LogP contribution >= 0.6 is 11.6 Å². The minimum atomic E-state index is -0.518. The molecule has 0 aliphatic heterocycles. The fourth-order valence-corrected chi connectivity index (χ4v) is 2.24. The van der Waals surface area contributed by atoms with E-state index >= 15 is 0 Å². The summed E-state index contributed by atoms with van der Waals surface area (Å²) in [7, 11) is 0. The van der Waals surface area contributed by atoms with Crippen LogP contribution < -0.4 is 5.43 Å². The van der Waals surface area contributed by atoms with E-state index in [9.17, 15) is 4.79 Å². The Balaban J connectivity index is 1.79. The quantitative estimate of drug-likeness (QED) is 0.590. The van der Waals surface area contributed by atoms with E-state index in [2.05, 4.69) is 25.6 Å². The van der Waals surface area contributed by atoms with Crippen molar-refractivity contribution < 1.29 is 4.79 Å². The first kappa shape index (κ1) is 15.1. The minimum Gasteiger partial charge on any atom is -0.264 e. The van der Waals surface area contributed by atoms with Gasteiger partial charge < -0.3 is 0 Å².